The minimum atomic E-state index is -0.110. The van der Waals surface area contributed by atoms with Crippen molar-refractivity contribution in [2.75, 3.05) is 5.32 Å². The molecule has 7 heteroatoms. The van der Waals surface area contributed by atoms with Gasteiger partial charge in [0.1, 0.15) is 0 Å². The van der Waals surface area contributed by atoms with E-state index in [4.69, 9.17) is 0 Å². The molecule has 0 aliphatic carbocycles. The number of carbonyl (C=O) groups is 2. The molecular weight excluding hydrogens is 336 g/mol. The van der Waals surface area contributed by atoms with Crippen molar-refractivity contribution in [3.8, 4) is 10.4 Å². The molecule has 1 aromatic carbocycles. The van der Waals surface area contributed by atoms with Crippen LogP contribution in [0.5, 0.6) is 0 Å². The third-order valence-corrected chi connectivity index (χ3v) is 5.83. The zero-order valence-electron chi connectivity index (χ0n) is 13.9. The number of fused-ring (bicyclic) bond motifs is 2. The van der Waals surface area contributed by atoms with Crippen LogP contribution in [0.4, 0.5) is 5.69 Å². The fourth-order valence-electron chi connectivity index (χ4n) is 3.68. The topological polar surface area (TPSA) is 83.1 Å². The van der Waals surface area contributed by atoms with Crippen molar-refractivity contribution < 1.29 is 9.59 Å². The maximum absolute atomic E-state index is 12.5. The monoisotopic (exact) mass is 356 g/mol. The molecule has 3 atom stereocenters. The van der Waals surface area contributed by atoms with E-state index in [1.807, 2.05) is 24.3 Å². The summed E-state index contributed by atoms with van der Waals surface area (Å²) >= 11 is 1.37. The summed E-state index contributed by atoms with van der Waals surface area (Å²) in [6.45, 7) is 1.48. The number of nitrogens with zero attached hydrogens (tertiary/aromatic N) is 1. The van der Waals surface area contributed by atoms with Gasteiger partial charge in [-0.3, -0.25) is 9.59 Å². The van der Waals surface area contributed by atoms with Gasteiger partial charge in [-0.1, -0.05) is 12.1 Å². The number of hydrogen-bond donors (Lipinski definition) is 3. The largest absolute Gasteiger partial charge is 0.346 e. The van der Waals surface area contributed by atoms with Crippen LogP contribution in [0, 0.1) is 0 Å². The predicted octanol–water partition coefficient (Wildman–Crippen LogP) is 2.39. The van der Waals surface area contributed by atoms with Gasteiger partial charge in [0, 0.05) is 36.9 Å². The van der Waals surface area contributed by atoms with Gasteiger partial charge in [-0.05, 0) is 37.0 Å². The van der Waals surface area contributed by atoms with E-state index in [2.05, 4.69) is 20.9 Å². The van der Waals surface area contributed by atoms with Crippen LogP contribution in [-0.2, 0) is 4.79 Å². The number of carbonyl (C=O) groups excluding carboxylic acids is 2. The molecule has 0 radical (unpaired) electrons. The van der Waals surface area contributed by atoms with Crippen molar-refractivity contribution >= 4 is 28.8 Å². The molecule has 2 amide bonds. The Balaban J connectivity index is 1.46. The first-order valence-corrected chi connectivity index (χ1v) is 9.31. The Kier molecular flexibility index (Phi) is 4.27. The lowest BCUT2D eigenvalue weighted by molar-refractivity contribution is -0.114. The molecule has 2 fully saturated rings. The second kappa shape index (κ2) is 6.57. The summed E-state index contributed by atoms with van der Waals surface area (Å²) in [5.41, 5.74) is 1.67. The van der Waals surface area contributed by atoms with E-state index in [0.29, 0.717) is 17.1 Å². The molecule has 1 aromatic heterocycles. The summed E-state index contributed by atoms with van der Waals surface area (Å²) in [7, 11) is 0. The van der Waals surface area contributed by atoms with E-state index in [9.17, 15) is 9.59 Å². The van der Waals surface area contributed by atoms with Crippen LogP contribution in [0.1, 0.15) is 36.0 Å². The van der Waals surface area contributed by atoms with Crippen molar-refractivity contribution in [3.05, 3.63) is 35.5 Å². The van der Waals surface area contributed by atoms with Crippen LogP contribution in [-0.4, -0.2) is 34.9 Å². The number of nitrogens with one attached hydrogen (secondary N) is 3. The lowest BCUT2D eigenvalue weighted by Gasteiger charge is -2.20. The summed E-state index contributed by atoms with van der Waals surface area (Å²) in [5, 5.41) is 9.88. The Bertz CT molecular complexity index is 819. The lowest BCUT2D eigenvalue weighted by atomic mass is 9.95. The van der Waals surface area contributed by atoms with E-state index >= 15 is 0 Å². The Morgan fingerprint density at radius 3 is 2.92 bits per heavy atom. The van der Waals surface area contributed by atoms with Crippen molar-refractivity contribution in [3.63, 3.8) is 0 Å². The number of benzene rings is 1. The average molecular weight is 356 g/mol. The van der Waals surface area contributed by atoms with Crippen LogP contribution >= 0.6 is 11.3 Å². The van der Waals surface area contributed by atoms with Gasteiger partial charge in [-0.25, -0.2) is 4.98 Å². The van der Waals surface area contributed by atoms with E-state index < -0.39 is 0 Å². The normalized spacial score (nSPS) is 24.3. The lowest BCUT2D eigenvalue weighted by Crippen LogP contribution is -2.42. The SMILES string of the molecule is CC(=O)Nc1cccc(-c2cnc(C(=O)N[C@@H]3C[C@H]4CC[C@@H]3N4)s2)c1. The van der Waals surface area contributed by atoms with Gasteiger partial charge in [0.05, 0.1) is 4.88 Å². The molecule has 2 aliphatic heterocycles. The van der Waals surface area contributed by atoms with Crippen molar-refractivity contribution in [2.45, 2.75) is 44.3 Å². The third-order valence-electron chi connectivity index (χ3n) is 4.78. The standard InChI is InChI=1S/C18H20N4O2S/c1-10(23)20-12-4-2-3-11(7-12)16-9-19-18(25-16)17(24)22-15-8-13-5-6-14(15)21-13/h2-4,7,9,13-15,21H,5-6,8H2,1H3,(H,20,23)(H,22,24)/t13-,14+,15-/m1/s1. The molecule has 25 heavy (non-hydrogen) atoms. The summed E-state index contributed by atoms with van der Waals surface area (Å²) in [6, 6.07) is 8.71. The van der Waals surface area contributed by atoms with Gasteiger partial charge in [0.15, 0.2) is 5.01 Å². The number of anilines is 1. The second-order valence-electron chi connectivity index (χ2n) is 6.65. The molecule has 4 rings (SSSR count). The first-order valence-electron chi connectivity index (χ1n) is 8.49. The second-order valence-corrected chi connectivity index (χ2v) is 7.69. The number of aromatic nitrogens is 1. The van der Waals surface area contributed by atoms with Gasteiger partial charge in [0.2, 0.25) is 5.91 Å². The molecule has 3 N–H and O–H groups in total. The summed E-state index contributed by atoms with van der Waals surface area (Å²) in [4.78, 5) is 28.9. The highest BCUT2D eigenvalue weighted by Gasteiger charge is 2.39. The van der Waals surface area contributed by atoms with Crippen LogP contribution < -0.4 is 16.0 Å². The van der Waals surface area contributed by atoms with Crippen molar-refractivity contribution in [2.24, 2.45) is 0 Å². The van der Waals surface area contributed by atoms with Crippen LogP contribution in [0.25, 0.3) is 10.4 Å². The number of rotatable bonds is 4. The first kappa shape index (κ1) is 16.2. The van der Waals surface area contributed by atoms with E-state index in [-0.39, 0.29) is 17.9 Å². The highest BCUT2D eigenvalue weighted by molar-refractivity contribution is 7.17. The van der Waals surface area contributed by atoms with Gasteiger partial charge in [0.25, 0.3) is 5.91 Å². The Labute approximate surface area is 150 Å². The number of hydrogen-bond acceptors (Lipinski definition) is 5. The fourth-order valence-corrected chi connectivity index (χ4v) is 4.50. The van der Waals surface area contributed by atoms with Crippen LogP contribution in [0.2, 0.25) is 0 Å². The Morgan fingerprint density at radius 2 is 2.20 bits per heavy atom. The minimum Gasteiger partial charge on any atom is -0.346 e. The minimum absolute atomic E-state index is 0.103. The van der Waals surface area contributed by atoms with Gasteiger partial charge in [-0.15, -0.1) is 11.3 Å². The van der Waals surface area contributed by atoms with Crippen molar-refractivity contribution in [1.82, 2.24) is 15.6 Å². The zero-order valence-corrected chi connectivity index (χ0v) is 14.7. The summed E-state index contributed by atoms with van der Waals surface area (Å²) in [6.07, 6.45) is 5.07. The fraction of sp³-hybridized carbons (Fsp3) is 0.389. The van der Waals surface area contributed by atoms with Crippen LogP contribution in [0.3, 0.4) is 0 Å². The quantitative estimate of drug-likeness (QED) is 0.785. The van der Waals surface area contributed by atoms with E-state index in [0.717, 1.165) is 29.0 Å². The molecule has 2 bridgehead atoms. The zero-order chi connectivity index (χ0) is 17.4. The molecule has 2 aliphatic rings. The van der Waals surface area contributed by atoms with Gasteiger partial charge in [-0.2, -0.15) is 0 Å². The molecule has 2 aromatic rings. The van der Waals surface area contributed by atoms with Crippen LogP contribution in [0.15, 0.2) is 30.5 Å². The molecule has 0 unspecified atom stereocenters. The Morgan fingerprint density at radius 1 is 1.32 bits per heavy atom. The van der Waals surface area contributed by atoms with Gasteiger partial charge >= 0.3 is 0 Å². The maximum Gasteiger partial charge on any atom is 0.280 e. The number of amides is 2. The molecule has 2 saturated heterocycles. The molecule has 6 nitrogen and oxygen atoms in total. The van der Waals surface area contributed by atoms with Gasteiger partial charge < -0.3 is 16.0 Å². The summed E-state index contributed by atoms with van der Waals surface area (Å²) in [5.74, 6) is -0.213. The summed E-state index contributed by atoms with van der Waals surface area (Å²) < 4.78 is 0. The molecule has 0 saturated carbocycles. The molecular formula is C18H20N4O2S. The highest BCUT2D eigenvalue weighted by Crippen LogP contribution is 2.30. The van der Waals surface area contributed by atoms with E-state index in [1.165, 1.54) is 24.7 Å². The Hall–Kier alpha value is -2.25. The molecule has 3 heterocycles. The molecule has 0 spiro atoms. The smallest absolute Gasteiger partial charge is 0.280 e. The first-order chi connectivity index (χ1) is 12.1. The third kappa shape index (κ3) is 3.43. The molecule has 130 valence electrons. The van der Waals surface area contributed by atoms with Crippen molar-refractivity contribution in [1.29, 1.82) is 0 Å². The highest BCUT2D eigenvalue weighted by atomic mass is 32.1. The number of thiazole rings is 1. The van der Waals surface area contributed by atoms with E-state index in [1.54, 1.807) is 6.20 Å². The average Bonchev–Trinajstić information content (AvgIpc) is 3.31. The maximum atomic E-state index is 12.5. The predicted molar refractivity (Wildman–Crippen MR) is 97.7 cm³/mol.